The number of thiophene rings is 1. The summed E-state index contributed by atoms with van der Waals surface area (Å²) < 4.78 is 1.98. The molecule has 5 rings (SSSR count). The van der Waals surface area contributed by atoms with Gasteiger partial charge in [0.15, 0.2) is 11.6 Å². The van der Waals surface area contributed by atoms with Crippen LogP contribution in [0, 0.1) is 11.3 Å². The van der Waals surface area contributed by atoms with Gasteiger partial charge in [-0.25, -0.2) is 4.98 Å². The third-order valence-corrected chi connectivity index (χ3v) is 6.40. The van der Waals surface area contributed by atoms with Gasteiger partial charge in [0.1, 0.15) is 17.5 Å². The molecular formula is C23H18N6OS. The second-order valence-corrected chi connectivity index (χ2v) is 8.23. The highest BCUT2D eigenvalue weighted by Gasteiger charge is 2.32. The summed E-state index contributed by atoms with van der Waals surface area (Å²) in [5.41, 5.74) is 2.70. The molecule has 1 unspecified atom stereocenters. The van der Waals surface area contributed by atoms with Crippen LogP contribution in [0.15, 0.2) is 60.0 Å². The van der Waals surface area contributed by atoms with Gasteiger partial charge in [0.05, 0.1) is 6.04 Å². The Labute approximate surface area is 183 Å². The van der Waals surface area contributed by atoms with Gasteiger partial charge in [-0.2, -0.15) is 5.26 Å². The Kier molecular flexibility index (Phi) is 4.81. The molecule has 0 radical (unpaired) electrons. The van der Waals surface area contributed by atoms with Gasteiger partial charge in [-0.15, -0.1) is 21.5 Å². The second kappa shape index (κ2) is 7.78. The first-order chi connectivity index (χ1) is 15.2. The number of rotatable bonds is 3. The van der Waals surface area contributed by atoms with E-state index in [9.17, 15) is 4.79 Å². The Morgan fingerprint density at radius 2 is 1.94 bits per heavy atom. The van der Waals surface area contributed by atoms with E-state index in [0.29, 0.717) is 41.7 Å². The fraction of sp³-hybridized carbons (Fsp3) is 0.174. The molecule has 0 saturated carbocycles. The molecule has 0 spiro atoms. The standard InChI is InChI=1S/C23H18N6OS/c1-15-21-26-27-22(19-5-2-4-18(14-24)25-19)29(21)12-11-28(15)23(30)17-9-7-16(8-10-17)20-6-3-13-31-20/h2-10,13,15H,11-12H2,1H3. The van der Waals surface area contributed by atoms with Crippen molar-refractivity contribution < 1.29 is 4.79 Å². The van der Waals surface area contributed by atoms with E-state index in [0.717, 1.165) is 5.56 Å². The number of benzene rings is 1. The molecule has 8 heteroatoms. The number of nitriles is 1. The largest absolute Gasteiger partial charge is 0.327 e. The Bertz CT molecular complexity index is 1290. The molecule has 1 atom stereocenters. The van der Waals surface area contributed by atoms with Crippen molar-refractivity contribution in [3.8, 4) is 28.0 Å². The molecule has 4 heterocycles. The zero-order valence-electron chi connectivity index (χ0n) is 16.8. The van der Waals surface area contributed by atoms with Crippen molar-refractivity contribution in [1.82, 2.24) is 24.6 Å². The van der Waals surface area contributed by atoms with E-state index in [1.807, 2.05) is 58.2 Å². The fourth-order valence-corrected chi connectivity index (χ4v) is 4.59. The number of carbonyl (C=O) groups is 1. The average molecular weight is 427 g/mol. The minimum absolute atomic E-state index is 0.0226. The lowest BCUT2D eigenvalue weighted by Crippen LogP contribution is -2.41. The Morgan fingerprint density at radius 3 is 2.68 bits per heavy atom. The maximum Gasteiger partial charge on any atom is 0.254 e. The Balaban J connectivity index is 1.40. The van der Waals surface area contributed by atoms with Gasteiger partial charge in [-0.05, 0) is 48.2 Å². The zero-order valence-corrected chi connectivity index (χ0v) is 17.6. The van der Waals surface area contributed by atoms with Crippen molar-refractivity contribution >= 4 is 17.2 Å². The van der Waals surface area contributed by atoms with Gasteiger partial charge in [-0.1, -0.05) is 24.3 Å². The third kappa shape index (κ3) is 3.39. The van der Waals surface area contributed by atoms with Crippen LogP contribution in [0.4, 0.5) is 0 Å². The van der Waals surface area contributed by atoms with Gasteiger partial charge < -0.3 is 9.47 Å². The first-order valence-electron chi connectivity index (χ1n) is 9.91. The maximum atomic E-state index is 13.2. The van der Waals surface area contributed by atoms with E-state index in [1.54, 1.807) is 23.5 Å². The molecule has 1 aliphatic heterocycles. The summed E-state index contributed by atoms with van der Waals surface area (Å²) in [5.74, 6) is 1.31. The number of pyridine rings is 1. The van der Waals surface area contributed by atoms with E-state index in [-0.39, 0.29) is 11.9 Å². The molecule has 0 fully saturated rings. The molecule has 1 amide bonds. The van der Waals surface area contributed by atoms with Crippen LogP contribution in [0.2, 0.25) is 0 Å². The molecule has 1 aliphatic rings. The molecule has 152 valence electrons. The van der Waals surface area contributed by atoms with E-state index < -0.39 is 0 Å². The molecule has 7 nitrogen and oxygen atoms in total. The van der Waals surface area contributed by atoms with E-state index in [1.165, 1.54) is 4.88 Å². The first-order valence-corrected chi connectivity index (χ1v) is 10.8. The molecule has 1 aromatic carbocycles. The number of amides is 1. The number of aromatic nitrogens is 4. The van der Waals surface area contributed by atoms with Crippen molar-refractivity contribution in [1.29, 1.82) is 5.26 Å². The monoisotopic (exact) mass is 426 g/mol. The van der Waals surface area contributed by atoms with Gasteiger partial charge in [0.25, 0.3) is 5.91 Å². The van der Waals surface area contributed by atoms with E-state index in [2.05, 4.69) is 27.3 Å². The van der Waals surface area contributed by atoms with Gasteiger partial charge in [0.2, 0.25) is 0 Å². The van der Waals surface area contributed by atoms with Crippen LogP contribution in [0.1, 0.15) is 34.8 Å². The molecule has 0 N–H and O–H groups in total. The summed E-state index contributed by atoms with van der Waals surface area (Å²) in [5, 5.41) is 19.8. The quantitative estimate of drug-likeness (QED) is 0.491. The summed E-state index contributed by atoms with van der Waals surface area (Å²) >= 11 is 1.68. The minimum Gasteiger partial charge on any atom is -0.327 e. The SMILES string of the molecule is CC1c2nnc(-c3cccc(C#N)n3)n2CCN1C(=O)c1ccc(-c2cccs2)cc1. The Morgan fingerprint density at radius 1 is 1.10 bits per heavy atom. The molecular weight excluding hydrogens is 408 g/mol. The second-order valence-electron chi connectivity index (χ2n) is 7.28. The topological polar surface area (TPSA) is 87.7 Å². The predicted octanol–water partition coefficient (Wildman–Crippen LogP) is 4.16. The van der Waals surface area contributed by atoms with Crippen LogP contribution >= 0.6 is 11.3 Å². The van der Waals surface area contributed by atoms with Gasteiger partial charge in [0, 0.05) is 23.5 Å². The number of nitrogens with zero attached hydrogens (tertiary/aromatic N) is 6. The Hall–Kier alpha value is -3.83. The summed E-state index contributed by atoms with van der Waals surface area (Å²) in [7, 11) is 0. The summed E-state index contributed by atoms with van der Waals surface area (Å²) in [4.78, 5) is 20.5. The van der Waals surface area contributed by atoms with Crippen LogP contribution in [0.3, 0.4) is 0 Å². The lowest BCUT2D eigenvalue weighted by atomic mass is 10.1. The highest BCUT2D eigenvalue weighted by Crippen LogP contribution is 2.30. The first kappa shape index (κ1) is 19.2. The lowest BCUT2D eigenvalue weighted by molar-refractivity contribution is 0.0638. The van der Waals surface area contributed by atoms with Crippen molar-refractivity contribution in [3.63, 3.8) is 0 Å². The fourth-order valence-electron chi connectivity index (χ4n) is 3.86. The van der Waals surface area contributed by atoms with Crippen molar-refractivity contribution in [2.75, 3.05) is 6.54 Å². The number of carbonyl (C=O) groups excluding carboxylic acids is 1. The van der Waals surface area contributed by atoms with Crippen molar-refractivity contribution in [2.45, 2.75) is 19.5 Å². The van der Waals surface area contributed by atoms with Crippen LogP contribution < -0.4 is 0 Å². The molecule has 31 heavy (non-hydrogen) atoms. The smallest absolute Gasteiger partial charge is 0.254 e. The lowest BCUT2D eigenvalue weighted by Gasteiger charge is -2.33. The summed E-state index contributed by atoms with van der Waals surface area (Å²) in [6, 6.07) is 18.9. The normalized spacial score (nSPS) is 15.4. The predicted molar refractivity (Wildman–Crippen MR) is 117 cm³/mol. The molecule has 0 aliphatic carbocycles. The number of hydrogen-bond acceptors (Lipinski definition) is 6. The van der Waals surface area contributed by atoms with E-state index >= 15 is 0 Å². The van der Waals surface area contributed by atoms with Crippen LogP contribution in [-0.4, -0.2) is 37.1 Å². The number of hydrogen-bond donors (Lipinski definition) is 0. The molecule has 3 aromatic heterocycles. The van der Waals surface area contributed by atoms with Crippen molar-refractivity contribution in [3.05, 3.63) is 77.1 Å². The highest BCUT2D eigenvalue weighted by atomic mass is 32.1. The molecule has 0 bridgehead atoms. The zero-order chi connectivity index (χ0) is 21.4. The molecule has 4 aromatic rings. The summed E-state index contributed by atoms with van der Waals surface area (Å²) in [6.07, 6.45) is 0. The van der Waals surface area contributed by atoms with Gasteiger partial charge >= 0.3 is 0 Å². The number of fused-ring (bicyclic) bond motifs is 1. The third-order valence-electron chi connectivity index (χ3n) is 5.48. The molecule has 0 saturated heterocycles. The van der Waals surface area contributed by atoms with Crippen molar-refractivity contribution in [2.24, 2.45) is 0 Å². The average Bonchev–Trinajstić information content (AvgIpc) is 3.50. The van der Waals surface area contributed by atoms with Crippen LogP contribution in [-0.2, 0) is 6.54 Å². The maximum absolute atomic E-state index is 13.2. The summed E-state index contributed by atoms with van der Waals surface area (Å²) in [6.45, 7) is 3.07. The minimum atomic E-state index is -0.223. The van der Waals surface area contributed by atoms with Crippen LogP contribution in [0.25, 0.3) is 22.0 Å². The highest BCUT2D eigenvalue weighted by molar-refractivity contribution is 7.13. The van der Waals surface area contributed by atoms with Gasteiger partial charge in [-0.3, -0.25) is 4.79 Å². The van der Waals surface area contributed by atoms with Crippen LogP contribution in [0.5, 0.6) is 0 Å². The van der Waals surface area contributed by atoms with E-state index in [4.69, 9.17) is 5.26 Å².